The van der Waals surface area contributed by atoms with Crippen LogP contribution < -0.4 is 0 Å². The summed E-state index contributed by atoms with van der Waals surface area (Å²) >= 11 is 0. The van der Waals surface area contributed by atoms with E-state index in [1.165, 1.54) is 17.3 Å². The summed E-state index contributed by atoms with van der Waals surface area (Å²) in [5.74, 6) is 0.175. The molecule has 1 saturated heterocycles. The molecule has 0 amide bonds. The molecule has 0 radical (unpaired) electrons. The second-order valence-corrected chi connectivity index (χ2v) is 6.43. The topological polar surface area (TPSA) is 67.6 Å². The first-order chi connectivity index (χ1) is 8.43. The van der Waals surface area contributed by atoms with Crippen LogP contribution in [0.1, 0.15) is 42.3 Å². The highest BCUT2D eigenvalue weighted by atomic mass is 32.2. The van der Waals surface area contributed by atoms with E-state index in [0.29, 0.717) is 24.4 Å². The Morgan fingerprint density at radius 1 is 1.28 bits per heavy atom. The fourth-order valence-corrected chi connectivity index (χ4v) is 3.65. The monoisotopic (exact) mass is 271 g/mol. The van der Waals surface area contributed by atoms with Crippen molar-refractivity contribution in [2.75, 3.05) is 13.1 Å². The Kier molecular flexibility index (Phi) is 3.59. The minimum atomic E-state index is -3.58. The van der Waals surface area contributed by atoms with Crippen molar-refractivity contribution >= 4 is 15.8 Å². The van der Waals surface area contributed by atoms with Gasteiger partial charge in [0.1, 0.15) is 5.76 Å². The molecule has 0 saturated carbocycles. The Morgan fingerprint density at radius 2 is 1.89 bits per heavy atom. The van der Waals surface area contributed by atoms with Crippen molar-refractivity contribution in [2.24, 2.45) is 0 Å². The summed E-state index contributed by atoms with van der Waals surface area (Å²) < 4.78 is 31.3. The maximum absolute atomic E-state index is 12.3. The molecule has 0 N–H and O–H groups in total. The summed E-state index contributed by atoms with van der Waals surface area (Å²) in [4.78, 5) is 11.3. The molecule has 0 atom stereocenters. The van der Waals surface area contributed by atoms with Gasteiger partial charge in [-0.05, 0) is 26.7 Å². The molecule has 1 aromatic rings. The Bertz CT molecular complexity index is 553. The molecular weight excluding hydrogens is 254 g/mol. The molecule has 1 aromatic heterocycles. The third kappa shape index (κ3) is 2.35. The normalized spacial score (nSPS) is 17.9. The first-order valence-corrected chi connectivity index (χ1v) is 7.48. The number of hydrogen-bond acceptors (Lipinski definition) is 4. The SMILES string of the molecule is CC(=O)c1cc(S(=O)(=O)N2CCCCC2)oc1C. The molecule has 2 heterocycles. The highest BCUT2D eigenvalue weighted by Crippen LogP contribution is 2.25. The third-order valence-corrected chi connectivity index (χ3v) is 4.94. The van der Waals surface area contributed by atoms with E-state index in [-0.39, 0.29) is 10.9 Å². The van der Waals surface area contributed by atoms with Crippen LogP contribution in [0.3, 0.4) is 0 Å². The predicted octanol–water partition coefficient (Wildman–Crippen LogP) is 1.97. The second-order valence-electron chi connectivity index (χ2n) is 4.56. The minimum absolute atomic E-state index is 0.118. The molecule has 1 fully saturated rings. The van der Waals surface area contributed by atoms with Crippen molar-refractivity contribution in [1.82, 2.24) is 4.31 Å². The van der Waals surface area contributed by atoms with Gasteiger partial charge in [-0.3, -0.25) is 4.79 Å². The summed E-state index contributed by atoms with van der Waals surface area (Å²) in [7, 11) is -3.58. The number of Topliss-reactive ketones (excluding diaryl/α,β-unsaturated/α-hetero) is 1. The number of ketones is 1. The molecule has 0 spiro atoms. The van der Waals surface area contributed by atoms with Crippen LogP contribution in [0.25, 0.3) is 0 Å². The van der Waals surface area contributed by atoms with E-state index in [2.05, 4.69) is 0 Å². The smallest absolute Gasteiger partial charge is 0.276 e. The van der Waals surface area contributed by atoms with Crippen molar-refractivity contribution in [3.05, 3.63) is 17.4 Å². The van der Waals surface area contributed by atoms with E-state index in [1.807, 2.05) is 0 Å². The van der Waals surface area contributed by atoms with Crippen molar-refractivity contribution in [3.8, 4) is 0 Å². The average Bonchev–Trinajstić information content (AvgIpc) is 2.73. The summed E-state index contributed by atoms with van der Waals surface area (Å²) in [6.07, 6.45) is 2.80. The molecule has 1 aliphatic heterocycles. The van der Waals surface area contributed by atoms with Gasteiger partial charge in [-0.25, -0.2) is 8.42 Å². The van der Waals surface area contributed by atoms with Crippen molar-refractivity contribution < 1.29 is 17.6 Å². The quantitative estimate of drug-likeness (QED) is 0.788. The lowest BCUT2D eigenvalue weighted by molar-refractivity contribution is 0.101. The largest absolute Gasteiger partial charge is 0.448 e. The fourth-order valence-electron chi connectivity index (χ4n) is 2.16. The summed E-state index contributed by atoms with van der Waals surface area (Å²) in [6, 6.07) is 1.33. The van der Waals surface area contributed by atoms with Gasteiger partial charge in [0.15, 0.2) is 5.78 Å². The van der Waals surface area contributed by atoms with Gasteiger partial charge in [-0.1, -0.05) is 6.42 Å². The van der Waals surface area contributed by atoms with Gasteiger partial charge in [-0.15, -0.1) is 0 Å². The van der Waals surface area contributed by atoms with Crippen LogP contribution in [0.4, 0.5) is 0 Å². The van der Waals surface area contributed by atoms with Gasteiger partial charge in [0.2, 0.25) is 5.09 Å². The molecule has 18 heavy (non-hydrogen) atoms. The van der Waals surface area contributed by atoms with Gasteiger partial charge in [0.05, 0.1) is 5.56 Å². The predicted molar refractivity (Wildman–Crippen MR) is 66.1 cm³/mol. The first kappa shape index (κ1) is 13.3. The number of hydrogen-bond donors (Lipinski definition) is 0. The Balaban J connectivity index is 2.35. The molecular formula is C12H17NO4S. The number of carbonyl (C=O) groups excluding carboxylic acids is 1. The summed E-state index contributed by atoms with van der Waals surface area (Å²) in [5, 5.41) is -0.118. The first-order valence-electron chi connectivity index (χ1n) is 6.04. The number of sulfonamides is 1. The maximum atomic E-state index is 12.3. The molecule has 5 nitrogen and oxygen atoms in total. The molecule has 0 bridgehead atoms. The highest BCUT2D eigenvalue weighted by molar-refractivity contribution is 7.89. The Hall–Kier alpha value is -1.14. The zero-order valence-electron chi connectivity index (χ0n) is 10.6. The van der Waals surface area contributed by atoms with Crippen LogP contribution in [0.15, 0.2) is 15.6 Å². The molecule has 100 valence electrons. The van der Waals surface area contributed by atoms with Crippen molar-refractivity contribution in [1.29, 1.82) is 0 Å². The van der Waals surface area contributed by atoms with Crippen LogP contribution in [-0.2, 0) is 10.0 Å². The molecule has 6 heteroatoms. The molecule has 1 aliphatic rings. The van der Waals surface area contributed by atoms with Crippen LogP contribution in [0.5, 0.6) is 0 Å². The van der Waals surface area contributed by atoms with Crippen LogP contribution in [0.2, 0.25) is 0 Å². The molecule has 0 aliphatic carbocycles. The number of rotatable bonds is 3. The van der Waals surface area contributed by atoms with E-state index in [1.54, 1.807) is 6.92 Å². The maximum Gasteiger partial charge on any atom is 0.276 e. The molecule has 0 aromatic carbocycles. The molecule has 0 unspecified atom stereocenters. The number of piperidine rings is 1. The minimum Gasteiger partial charge on any atom is -0.448 e. The highest BCUT2D eigenvalue weighted by Gasteiger charge is 2.30. The second kappa shape index (κ2) is 4.85. The Labute approximate surface area is 107 Å². The van der Waals surface area contributed by atoms with Gasteiger partial charge >= 0.3 is 0 Å². The van der Waals surface area contributed by atoms with Crippen molar-refractivity contribution in [2.45, 2.75) is 38.2 Å². The van der Waals surface area contributed by atoms with E-state index in [0.717, 1.165) is 19.3 Å². The van der Waals surface area contributed by atoms with E-state index in [4.69, 9.17) is 4.42 Å². The van der Waals surface area contributed by atoms with Crippen LogP contribution >= 0.6 is 0 Å². The van der Waals surface area contributed by atoms with E-state index >= 15 is 0 Å². The van der Waals surface area contributed by atoms with Gasteiger partial charge < -0.3 is 4.42 Å². The zero-order valence-corrected chi connectivity index (χ0v) is 11.4. The summed E-state index contributed by atoms with van der Waals surface area (Å²) in [5.41, 5.74) is 0.339. The lowest BCUT2D eigenvalue weighted by atomic mass is 10.2. The number of carbonyl (C=O) groups is 1. The van der Waals surface area contributed by atoms with Crippen LogP contribution in [-0.4, -0.2) is 31.6 Å². The lowest BCUT2D eigenvalue weighted by Crippen LogP contribution is -2.35. The summed E-state index contributed by atoms with van der Waals surface area (Å²) in [6.45, 7) is 4.05. The van der Waals surface area contributed by atoms with Gasteiger partial charge in [0, 0.05) is 19.2 Å². The van der Waals surface area contributed by atoms with Gasteiger partial charge in [0.25, 0.3) is 10.0 Å². The lowest BCUT2D eigenvalue weighted by Gasteiger charge is -2.24. The average molecular weight is 271 g/mol. The molecule has 2 rings (SSSR count). The van der Waals surface area contributed by atoms with E-state index < -0.39 is 10.0 Å². The van der Waals surface area contributed by atoms with Crippen LogP contribution in [0, 0.1) is 6.92 Å². The van der Waals surface area contributed by atoms with Crippen molar-refractivity contribution in [3.63, 3.8) is 0 Å². The zero-order chi connectivity index (χ0) is 13.3. The number of aryl methyl sites for hydroxylation is 1. The number of nitrogens with zero attached hydrogens (tertiary/aromatic N) is 1. The third-order valence-electron chi connectivity index (χ3n) is 3.18. The standard InChI is InChI=1S/C12H17NO4S/c1-9(14)11-8-12(17-10(11)2)18(15,16)13-6-4-3-5-7-13/h8H,3-7H2,1-2H3. The number of furan rings is 1. The van der Waals surface area contributed by atoms with Gasteiger partial charge in [-0.2, -0.15) is 4.31 Å². The fraction of sp³-hybridized carbons (Fsp3) is 0.583. The Morgan fingerprint density at radius 3 is 2.39 bits per heavy atom. The van der Waals surface area contributed by atoms with E-state index in [9.17, 15) is 13.2 Å².